The molecule has 1 fully saturated rings. The SMILES string of the molecule is CC(=O)N1CCN(c2nc(C(C)(C)C)nc(Cl)c2C)CC1. The molecule has 0 spiro atoms. The second-order valence-electron chi connectivity index (χ2n) is 6.53. The van der Waals surface area contributed by atoms with E-state index >= 15 is 0 Å². The topological polar surface area (TPSA) is 49.3 Å². The van der Waals surface area contributed by atoms with Gasteiger partial charge in [-0.1, -0.05) is 32.4 Å². The van der Waals surface area contributed by atoms with Gasteiger partial charge in [0.2, 0.25) is 5.91 Å². The lowest BCUT2D eigenvalue weighted by molar-refractivity contribution is -0.129. The van der Waals surface area contributed by atoms with Crippen LogP contribution in [0.1, 0.15) is 39.1 Å². The quantitative estimate of drug-likeness (QED) is 0.747. The number of anilines is 1. The highest BCUT2D eigenvalue weighted by Gasteiger charge is 2.25. The van der Waals surface area contributed by atoms with Crippen LogP contribution in [0, 0.1) is 6.92 Å². The molecule has 2 heterocycles. The van der Waals surface area contributed by atoms with Gasteiger partial charge in [0.1, 0.15) is 16.8 Å². The number of rotatable bonds is 1. The summed E-state index contributed by atoms with van der Waals surface area (Å²) < 4.78 is 0. The highest BCUT2D eigenvalue weighted by Crippen LogP contribution is 2.28. The number of nitrogens with zero attached hydrogens (tertiary/aromatic N) is 4. The van der Waals surface area contributed by atoms with Gasteiger partial charge in [-0.3, -0.25) is 4.79 Å². The molecule has 5 nitrogen and oxygen atoms in total. The molecule has 1 aromatic heterocycles. The molecular formula is C15H23ClN4O. The van der Waals surface area contributed by atoms with E-state index < -0.39 is 0 Å². The Balaban J connectivity index is 2.28. The number of halogens is 1. The van der Waals surface area contributed by atoms with Gasteiger partial charge in [-0.25, -0.2) is 9.97 Å². The number of amides is 1. The van der Waals surface area contributed by atoms with Gasteiger partial charge < -0.3 is 9.80 Å². The number of piperazine rings is 1. The fourth-order valence-electron chi connectivity index (χ4n) is 2.35. The lowest BCUT2D eigenvalue weighted by Crippen LogP contribution is -2.48. The van der Waals surface area contributed by atoms with E-state index in [0.29, 0.717) is 5.15 Å². The van der Waals surface area contributed by atoms with Crippen LogP contribution in [0.15, 0.2) is 0 Å². The molecule has 0 atom stereocenters. The second kappa shape index (κ2) is 5.79. The summed E-state index contributed by atoms with van der Waals surface area (Å²) in [6, 6.07) is 0. The Kier molecular flexibility index (Phi) is 4.42. The van der Waals surface area contributed by atoms with Crippen molar-refractivity contribution >= 4 is 23.3 Å². The second-order valence-corrected chi connectivity index (χ2v) is 6.89. The number of carbonyl (C=O) groups excluding carboxylic acids is 1. The van der Waals surface area contributed by atoms with E-state index in [1.807, 2.05) is 11.8 Å². The zero-order valence-electron chi connectivity index (χ0n) is 13.4. The number of hydrogen-bond acceptors (Lipinski definition) is 4. The molecule has 0 unspecified atom stereocenters. The lowest BCUT2D eigenvalue weighted by atomic mass is 9.95. The molecule has 0 N–H and O–H groups in total. The van der Waals surface area contributed by atoms with Crippen LogP contribution in [-0.2, 0) is 10.2 Å². The van der Waals surface area contributed by atoms with Crippen molar-refractivity contribution in [2.24, 2.45) is 0 Å². The van der Waals surface area contributed by atoms with Crippen LogP contribution in [0.2, 0.25) is 5.15 Å². The van der Waals surface area contributed by atoms with E-state index in [1.54, 1.807) is 6.92 Å². The molecule has 1 aromatic rings. The third-order valence-corrected chi connectivity index (χ3v) is 4.12. The molecule has 1 saturated heterocycles. The van der Waals surface area contributed by atoms with Gasteiger partial charge in [0, 0.05) is 44.1 Å². The van der Waals surface area contributed by atoms with E-state index in [4.69, 9.17) is 16.6 Å². The van der Waals surface area contributed by atoms with Crippen molar-refractivity contribution in [2.45, 2.75) is 40.0 Å². The molecule has 1 aliphatic rings. The third-order valence-electron chi connectivity index (χ3n) is 3.76. The Morgan fingerprint density at radius 3 is 2.19 bits per heavy atom. The number of aromatic nitrogens is 2. The molecule has 0 bridgehead atoms. The molecule has 0 aliphatic carbocycles. The van der Waals surface area contributed by atoms with E-state index in [-0.39, 0.29) is 11.3 Å². The van der Waals surface area contributed by atoms with Gasteiger partial charge in [0.15, 0.2) is 0 Å². The van der Waals surface area contributed by atoms with Crippen molar-refractivity contribution in [1.29, 1.82) is 0 Å². The summed E-state index contributed by atoms with van der Waals surface area (Å²) >= 11 is 6.28. The smallest absolute Gasteiger partial charge is 0.219 e. The van der Waals surface area contributed by atoms with Crippen molar-refractivity contribution in [3.63, 3.8) is 0 Å². The molecular weight excluding hydrogens is 288 g/mol. The molecule has 2 rings (SSSR count). The summed E-state index contributed by atoms with van der Waals surface area (Å²) in [6.45, 7) is 12.8. The maximum Gasteiger partial charge on any atom is 0.219 e. The zero-order valence-corrected chi connectivity index (χ0v) is 14.2. The molecule has 21 heavy (non-hydrogen) atoms. The van der Waals surface area contributed by atoms with E-state index in [0.717, 1.165) is 43.4 Å². The molecule has 0 radical (unpaired) electrons. The van der Waals surface area contributed by atoms with Crippen LogP contribution in [0.5, 0.6) is 0 Å². The molecule has 0 aromatic carbocycles. The van der Waals surface area contributed by atoms with Crippen molar-refractivity contribution in [1.82, 2.24) is 14.9 Å². The molecule has 6 heteroatoms. The minimum atomic E-state index is -0.146. The average Bonchev–Trinajstić information content (AvgIpc) is 2.40. The molecule has 0 saturated carbocycles. The van der Waals surface area contributed by atoms with Gasteiger partial charge in [0.25, 0.3) is 0 Å². The minimum absolute atomic E-state index is 0.127. The maximum atomic E-state index is 11.4. The molecule has 1 amide bonds. The largest absolute Gasteiger partial charge is 0.353 e. The van der Waals surface area contributed by atoms with Crippen LogP contribution >= 0.6 is 11.6 Å². The lowest BCUT2D eigenvalue weighted by Gasteiger charge is -2.36. The van der Waals surface area contributed by atoms with Crippen LogP contribution in [0.25, 0.3) is 0 Å². The monoisotopic (exact) mass is 310 g/mol. The van der Waals surface area contributed by atoms with Crippen molar-refractivity contribution < 1.29 is 4.79 Å². The first kappa shape index (κ1) is 16.0. The Morgan fingerprint density at radius 2 is 1.71 bits per heavy atom. The summed E-state index contributed by atoms with van der Waals surface area (Å²) in [5.41, 5.74) is 0.758. The molecule has 116 valence electrons. The average molecular weight is 311 g/mol. The Bertz CT molecular complexity index is 545. The van der Waals surface area contributed by atoms with E-state index in [1.165, 1.54) is 0 Å². The summed E-state index contributed by atoms with van der Waals surface area (Å²) in [4.78, 5) is 24.6. The van der Waals surface area contributed by atoms with Crippen molar-refractivity contribution in [2.75, 3.05) is 31.1 Å². The summed E-state index contributed by atoms with van der Waals surface area (Å²) in [5.74, 6) is 1.77. The fourth-order valence-corrected chi connectivity index (χ4v) is 2.52. The third kappa shape index (κ3) is 3.46. The first-order valence-corrected chi connectivity index (χ1v) is 7.63. The Labute approximate surface area is 131 Å². The van der Waals surface area contributed by atoms with E-state index in [9.17, 15) is 4.79 Å². The van der Waals surface area contributed by atoms with Crippen LogP contribution in [0.3, 0.4) is 0 Å². The van der Waals surface area contributed by atoms with E-state index in [2.05, 4.69) is 30.7 Å². The van der Waals surface area contributed by atoms with Crippen LogP contribution in [0.4, 0.5) is 5.82 Å². The zero-order chi connectivity index (χ0) is 15.8. The van der Waals surface area contributed by atoms with Gasteiger partial charge >= 0.3 is 0 Å². The highest BCUT2D eigenvalue weighted by molar-refractivity contribution is 6.30. The fraction of sp³-hybridized carbons (Fsp3) is 0.667. The summed E-state index contributed by atoms with van der Waals surface area (Å²) in [7, 11) is 0. The maximum absolute atomic E-state index is 11.4. The Morgan fingerprint density at radius 1 is 1.14 bits per heavy atom. The first-order chi connectivity index (χ1) is 9.70. The summed E-state index contributed by atoms with van der Waals surface area (Å²) in [5, 5.41) is 0.513. The standard InChI is InChI=1S/C15H23ClN4O/c1-10-12(16)17-14(15(3,4)5)18-13(10)20-8-6-19(7-9-20)11(2)21/h6-9H2,1-5H3. The van der Waals surface area contributed by atoms with Crippen LogP contribution < -0.4 is 4.90 Å². The number of carbonyl (C=O) groups is 1. The summed E-state index contributed by atoms with van der Waals surface area (Å²) in [6.07, 6.45) is 0. The van der Waals surface area contributed by atoms with Crippen molar-refractivity contribution in [3.8, 4) is 0 Å². The first-order valence-electron chi connectivity index (χ1n) is 7.25. The van der Waals surface area contributed by atoms with Gasteiger partial charge in [-0.05, 0) is 6.92 Å². The number of hydrogen-bond donors (Lipinski definition) is 0. The Hall–Kier alpha value is -1.36. The predicted molar refractivity (Wildman–Crippen MR) is 84.9 cm³/mol. The van der Waals surface area contributed by atoms with Crippen LogP contribution in [-0.4, -0.2) is 47.0 Å². The van der Waals surface area contributed by atoms with Gasteiger partial charge in [0.05, 0.1) is 0 Å². The van der Waals surface area contributed by atoms with Gasteiger partial charge in [-0.2, -0.15) is 0 Å². The molecule has 1 aliphatic heterocycles. The minimum Gasteiger partial charge on any atom is -0.353 e. The normalized spacial score (nSPS) is 16.3. The highest BCUT2D eigenvalue weighted by atomic mass is 35.5. The van der Waals surface area contributed by atoms with Gasteiger partial charge in [-0.15, -0.1) is 0 Å². The predicted octanol–water partition coefficient (Wildman–Crippen LogP) is 2.40. The van der Waals surface area contributed by atoms with Crippen molar-refractivity contribution in [3.05, 3.63) is 16.5 Å².